The van der Waals surface area contributed by atoms with Gasteiger partial charge in [0.25, 0.3) is 0 Å². The van der Waals surface area contributed by atoms with E-state index in [2.05, 4.69) is 48.3 Å². The van der Waals surface area contributed by atoms with Crippen LogP contribution in [0.15, 0.2) is 79.3 Å². The van der Waals surface area contributed by atoms with Crippen LogP contribution in [-0.4, -0.2) is 19.6 Å². The third kappa shape index (κ3) is 2.35. The van der Waals surface area contributed by atoms with E-state index in [9.17, 15) is 0 Å². The molecule has 0 N–H and O–H groups in total. The number of hydrogen-bond acceptors (Lipinski definition) is 3. The van der Waals surface area contributed by atoms with Gasteiger partial charge >= 0.3 is 0 Å². The first-order chi connectivity index (χ1) is 12.8. The molecule has 0 fully saturated rings. The van der Waals surface area contributed by atoms with Crippen LogP contribution in [0.5, 0.6) is 0 Å². The number of benzene rings is 2. The molecule has 0 unspecified atom stereocenters. The molecule has 0 bridgehead atoms. The second-order valence-corrected chi connectivity index (χ2v) is 6.40. The number of nitrogens with zero attached hydrogens (tertiary/aromatic N) is 4. The molecule has 0 radical (unpaired) electrons. The Kier molecular flexibility index (Phi) is 3.28. The largest absolute Gasteiger partial charge is 0.264 e. The van der Waals surface area contributed by atoms with Crippen LogP contribution in [0.25, 0.3) is 38.9 Å². The molecule has 3 aromatic heterocycles. The maximum Gasteiger partial charge on any atom is 0.182 e. The van der Waals surface area contributed by atoms with Crippen molar-refractivity contribution in [1.29, 1.82) is 0 Å². The molecule has 26 heavy (non-hydrogen) atoms. The average molecular weight is 336 g/mol. The molecule has 5 aromatic rings. The summed E-state index contributed by atoms with van der Waals surface area (Å²) in [5.41, 5.74) is 5.29. The van der Waals surface area contributed by atoms with Gasteiger partial charge in [0.15, 0.2) is 11.5 Å². The van der Waals surface area contributed by atoms with Gasteiger partial charge in [-0.2, -0.15) is 0 Å². The van der Waals surface area contributed by atoms with Gasteiger partial charge in [0.05, 0.1) is 0 Å². The van der Waals surface area contributed by atoms with Crippen molar-refractivity contribution in [1.82, 2.24) is 19.6 Å². The van der Waals surface area contributed by atoms with Crippen LogP contribution >= 0.6 is 0 Å². The highest BCUT2D eigenvalue weighted by Gasteiger charge is 2.15. The van der Waals surface area contributed by atoms with E-state index in [-0.39, 0.29) is 0 Å². The molecule has 4 nitrogen and oxygen atoms in total. The first-order valence-electron chi connectivity index (χ1n) is 8.55. The summed E-state index contributed by atoms with van der Waals surface area (Å²) in [5, 5.41) is 6.89. The molecular formula is C22H16N4. The van der Waals surface area contributed by atoms with E-state index in [0.717, 1.165) is 38.9 Å². The molecule has 2 aromatic carbocycles. The Morgan fingerprint density at radius 3 is 2.46 bits per heavy atom. The van der Waals surface area contributed by atoms with Crippen LogP contribution in [0.1, 0.15) is 5.56 Å². The van der Waals surface area contributed by atoms with Crippen LogP contribution in [0.2, 0.25) is 0 Å². The van der Waals surface area contributed by atoms with Crippen LogP contribution in [0, 0.1) is 6.92 Å². The quantitative estimate of drug-likeness (QED) is 0.459. The maximum absolute atomic E-state index is 4.87. The third-order valence-corrected chi connectivity index (χ3v) is 4.61. The molecule has 5 rings (SSSR count). The molecule has 0 aliphatic carbocycles. The van der Waals surface area contributed by atoms with Gasteiger partial charge in [-0.05, 0) is 23.9 Å². The predicted molar refractivity (Wildman–Crippen MR) is 104 cm³/mol. The van der Waals surface area contributed by atoms with E-state index < -0.39 is 0 Å². The fourth-order valence-corrected chi connectivity index (χ4v) is 3.29. The van der Waals surface area contributed by atoms with E-state index >= 15 is 0 Å². The van der Waals surface area contributed by atoms with Gasteiger partial charge in [0.2, 0.25) is 0 Å². The smallest absolute Gasteiger partial charge is 0.182 e. The minimum absolute atomic E-state index is 0.727. The van der Waals surface area contributed by atoms with Crippen LogP contribution in [0.4, 0.5) is 0 Å². The molecule has 124 valence electrons. The number of aromatic nitrogens is 4. The Labute approximate surface area is 150 Å². The number of fused-ring (bicyclic) bond motifs is 2. The Balaban J connectivity index is 1.85. The van der Waals surface area contributed by atoms with Gasteiger partial charge in [0, 0.05) is 35.1 Å². The summed E-state index contributed by atoms with van der Waals surface area (Å²) in [6.07, 6.45) is 5.69. The molecule has 0 amide bonds. The van der Waals surface area contributed by atoms with Crippen molar-refractivity contribution < 1.29 is 0 Å². The molecule has 0 saturated carbocycles. The second-order valence-electron chi connectivity index (χ2n) is 6.40. The standard InChI is InChI=1S/C22H16N4/c1-15-7-9-17(10-8-15)21-24-22-20(16-5-3-2-4-6-16)19-11-12-23-13-18(19)14-26(22)25-21/h2-14H,1H3. The molecule has 0 saturated heterocycles. The van der Waals surface area contributed by atoms with Crippen LogP contribution < -0.4 is 0 Å². The highest BCUT2D eigenvalue weighted by Crippen LogP contribution is 2.32. The number of aryl methyl sites for hydroxylation is 1. The molecule has 3 heterocycles. The lowest BCUT2D eigenvalue weighted by atomic mass is 10.0. The fourth-order valence-electron chi connectivity index (χ4n) is 3.29. The number of pyridine rings is 2. The summed E-state index contributed by atoms with van der Waals surface area (Å²) in [4.78, 5) is 9.14. The first kappa shape index (κ1) is 14.8. The fraction of sp³-hybridized carbons (Fsp3) is 0.0455. The van der Waals surface area contributed by atoms with Crippen molar-refractivity contribution >= 4 is 16.4 Å². The highest BCUT2D eigenvalue weighted by atomic mass is 15.3. The van der Waals surface area contributed by atoms with Crippen molar-refractivity contribution in [2.45, 2.75) is 6.92 Å². The molecule has 4 heteroatoms. The summed E-state index contributed by atoms with van der Waals surface area (Å²) >= 11 is 0. The van der Waals surface area contributed by atoms with Crippen molar-refractivity contribution in [3.05, 3.63) is 84.8 Å². The minimum Gasteiger partial charge on any atom is -0.264 e. The monoisotopic (exact) mass is 336 g/mol. The van der Waals surface area contributed by atoms with Gasteiger partial charge < -0.3 is 0 Å². The zero-order valence-corrected chi connectivity index (χ0v) is 14.3. The Morgan fingerprint density at radius 2 is 1.65 bits per heavy atom. The predicted octanol–water partition coefficient (Wildman–Crippen LogP) is 4.92. The average Bonchev–Trinajstić information content (AvgIpc) is 3.10. The van der Waals surface area contributed by atoms with E-state index in [4.69, 9.17) is 10.1 Å². The SMILES string of the molecule is Cc1ccc(-c2nc3c(-c4ccccc4)c4ccncc4cn3n2)cc1. The minimum atomic E-state index is 0.727. The van der Waals surface area contributed by atoms with Gasteiger partial charge in [-0.25, -0.2) is 9.50 Å². The topological polar surface area (TPSA) is 43.1 Å². The van der Waals surface area contributed by atoms with Crippen molar-refractivity contribution in [2.24, 2.45) is 0 Å². The molecule has 0 aliphatic heterocycles. The van der Waals surface area contributed by atoms with Crippen molar-refractivity contribution in [2.75, 3.05) is 0 Å². The third-order valence-electron chi connectivity index (χ3n) is 4.61. The molecule has 0 aliphatic rings. The lowest BCUT2D eigenvalue weighted by Crippen LogP contribution is -1.93. The highest BCUT2D eigenvalue weighted by molar-refractivity contribution is 6.02. The first-order valence-corrected chi connectivity index (χ1v) is 8.55. The van der Waals surface area contributed by atoms with Gasteiger partial charge in [-0.3, -0.25) is 4.98 Å². The van der Waals surface area contributed by atoms with Gasteiger partial charge in [-0.1, -0.05) is 60.2 Å². The van der Waals surface area contributed by atoms with Gasteiger partial charge in [0.1, 0.15) is 0 Å². The number of rotatable bonds is 2. The zero-order chi connectivity index (χ0) is 17.5. The Bertz CT molecular complexity index is 1220. The van der Waals surface area contributed by atoms with E-state index in [1.807, 2.05) is 47.4 Å². The zero-order valence-electron chi connectivity index (χ0n) is 14.3. The van der Waals surface area contributed by atoms with E-state index in [1.54, 1.807) is 0 Å². The Hall–Kier alpha value is -3.53. The maximum atomic E-state index is 4.87. The van der Waals surface area contributed by atoms with E-state index in [0.29, 0.717) is 0 Å². The summed E-state index contributed by atoms with van der Waals surface area (Å²) in [6, 6.07) is 20.7. The van der Waals surface area contributed by atoms with Crippen molar-refractivity contribution in [3.63, 3.8) is 0 Å². The summed E-state index contributed by atoms with van der Waals surface area (Å²) < 4.78 is 1.86. The summed E-state index contributed by atoms with van der Waals surface area (Å²) in [6.45, 7) is 2.08. The summed E-state index contributed by atoms with van der Waals surface area (Å²) in [5.74, 6) is 0.727. The van der Waals surface area contributed by atoms with Crippen LogP contribution in [-0.2, 0) is 0 Å². The van der Waals surface area contributed by atoms with Crippen molar-refractivity contribution in [3.8, 4) is 22.5 Å². The normalized spacial score (nSPS) is 11.3. The van der Waals surface area contributed by atoms with E-state index in [1.165, 1.54) is 5.56 Å². The summed E-state index contributed by atoms with van der Waals surface area (Å²) in [7, 11) is 0. The number of hydrogen-bond donors (Lipinski definition) is 0. The second kappa shape index (κ2) is 5.77. The lowest BCUT2D eigenvalue weighted by Gasteiger charge is -2.08. The lowest BCUT2D eigenvalue weighted by molar-refractivity contribution is 0.974. The van der Waals surface area contributed by atoms with Crippen LogP contribution in [0.3, 0.4) is 0 Å². The Morgan fingerprint density at radius 1 is 0.846 bits per heavy atom. The van der Waals surface area contributed by atoms with Gasteiger partial charge in [-0.15, -0.1) is 5.10 Å². The molecule has 0 spiro atoms. The molecule has 0 atom stereocenters. The molecular weight excluding hydrogens is 320 g/mol.